The Morgan fingerprint density at radius 3 is 2.29 bits per heavy atom. The van der Waals surface area contributed by atoms with Crippen LogP contribution in [0.3, 0.4) is 0 Å². The molecular weight excluding hydrogens is 172 g/mol. The van der Waals surface area contributed by atoms with Crippen molar-refractivity contribution < 1.29 is 5.11 Å². The molecule has 0 fully saturated rings. The average molecular weight is 190 g/mol. The highest BCUT2D eigenvalue weighted by molar-refractivity contribution is 5.24. The van der Waals surface area contributed by atoms with Crippen LogP contribution < -0.4 is 0 Å². The lowest BCUT2D eigenvalue weighted by molar-refractivity contribution is 0.0162. The van der Waals surface area contributed by atoms with Crippen molar-refractivity contribution >= 4 is 0 Å². The Morgan fingerprint density at radius 2 is 1.86 bits per heavy atom. The minimum absolute atomic E-state index is 0.0601. The molecule has 0 aliphatic carbocycles. The van der Waals surface area contributed by atoms with Gasteiger partial charge in [-0.3, -0.25) is 0 Å². The van der Waals surface area contributed by atoms with Crippen LogP contribution in [0.25, 0.3) is 0 Å². The zero-order valence-corrected chi connectivity index (χ0v) is 9.12. The predicted octanol–water partition coefficient (Wildman–Crippen LogP) is 3.11. The van der Waals surface area contributed by atoms with E-state index in [1.165, 1.54) is 0 Å². The second-order valence-corrected chi connectivity index (χ2v) is 4.08. The first-order valence-corrected chi connectivity index (χ1v) is 4.89. The summed E-state index contributed by atoms with van der Waals surface area (Å²) >= 11 is 0. The van der Waals surface area contributed by atoms with Crippen molar-refractivity contribution in [2.75, 3.05) is 0 Å². The summed E-state index contributed by atoms with van der Waals surface area (Å²) in [4.78, 5) is 0. The van der Waals surface area contributed by atoms with Crippen LogP contribution in [0.2, 0.25) is 0 Å². The fraction of sp³-hybridized carbons (Fsp3) is 0.385. The topological polar surface area (TPSA) is 20.2 Å². The third-order valence-corrected chi connectivity index (χ3v) is 2.94. The van der Waals surface area contributed by atoms with E-state index in [4.69, 9.17) is 0 Å². The van der Waals surface area contributed by atoms with Crippen LogP contribution in [0.4, 0.5) is 0 Å². The molecule has 0 saturated heterocycles. The number of rotatable bonds is 3. The van der Waals surface area contributed by atoms with E-state index in [1.807, 2.05) is 51.1 Å². The van der Waals surface area contributed by atoms with Gasteiger partial charge < -0.3 is 5.11 Å². The zero-order valence-electron chi connectivity index (χ0n) is 9.12. The Balaban J connectivity index is 3.02. The lowest BCUT2D eigenvalue weighted by Crippen LogP contribution is -2.30. The fourth-order valence-electron chi connectivity index (χ4n) is 1.51. The second kappa shape index (κ2) is 3.97. The standard InChI is InChI=1S/C13H18O/c1-10(2)11(3)13(4,14)12-8-6-5-7-9-12/h5-9,11,14H,1H2,2-4H3/t11-,13-/m1/s1. The quantitative estimate of drug-likeness (QED) is 0.726. The third kappa shape index (κ3) is 2.05. The van der Waals surface area contributed by atoms with Crippen LogP contribution in [-0.4, -0.2) is 5.11 Å². The minimum atomic E-state index is -0.826. The first-order chi connectivity index (χ1) is 6.46. The molecule has 0 spiro atoms. The Kier molecular flexibility index (Phi) is 3.12. The lowest BCUT2D eigenvalue weighted by Gasteiger charge is -2.31. The molecule has 0 unspecified atom stereocenters. The molecule has 1 aromatic carbocycles. The van der Waals surface area contributed by atoms with Crippen LogP contribution >= 0.6 is 0 Å². The molecule has 0 aliphatic heterocycles. The van der Waals surface area contributed by atoms with E-state index in [1.54, 1.807) is 0 Å². The fourth-order valence-corrected chi connectivity index (χ4v) is 1.51. The van der Waals surface area contributed by atoms with Gasteiger partial charge in [0.05, 0.1) is 5.60 Å². The second-order valence-electron chi connectivity index (χ2n) is 4.08. The molecule has 1 heteroatoms. The van der Waals surface area contributed by atoms with Crippen LogP contribution in [0.5, 0.6) is 0 Å². The van der Waals surface area contributed by atoms with Crippen LogP contribution in [0.15, 0.2) is 42.5 Å². The van der Waals surface area contributed by atoms with Gasteiger partial charge in [0.15, 0.2) is 0 Å². The summed E-state index contributed by atoms with van der Waals surface area (Å²) in [7, 11) is 0. The van der Waals surface area contributed by atoms with Gasteiger partial charge in [-0.1, -0.05) is 49.4 Å². The molecule has 0 bridgehead atoms. The number of hydrogen-bond donors (Lipinski definition) is 1. The monoisotopic (exact) mass is 190 g/mol. The highest BCUT2D eigenvalue weighted by atomic mass is 16.3. The predicted molar refractivity (Wildman–Crippen MR) is 60.0 cm³/mol. The van der Waals surface area contributed by atoms with E-state index in [2.05, 4.69) is 6.58 Å². The first kappa shape index (κ1) is 11.0. The number of aliphatic hydroxyl groups is 1. The Morgan fingerprint density at radius 1 is 1.36 bits per heavy atom. The van der Waals surface area contributed by atoms with E-state index >= 15 is 0 Å². The van der Waals surface area contributed by atoms with Gasteiger partial charge >= 0.3 is 0 Å². The zero-order chi connectivity index (χ0) is 10.8. The highest BCUT2D eigenvalue weighted by Gasteiger charge is 2.30. The van der Waals surface area contributed by atoms with Gasteiger partial charge in [-0.25, -0.2) is 0 Å². The molecular formula is C13H18O. The van der Waals surface area contributed by atoms with Crippen LogP contribution in [-0.2, 0) is 5.60 Å². The van der Waals surface area contributed by atoms with Crippen molar-refractivity contribution in [2.45, 2.75) is 26.4 Å². The van der Waals surface area contributed by atoms with E-state index in [9.17, 15) is 5.11 Å². The van der Waals surface area contributed by atoms with E-state index in [-0.39, 0.29) is 5.92 Å². The molecule has 0 aromatic heterocycles. The first-order valence-electron chi connectivity index (χ1n) is 4.89. The Hall–Kier alpha value is -1.08. The minimum Gasteiger partial charge on any atom is -0.385 e. The summed E-state index contributed by atoms with van der Waals surface area (Å²) in [6.07, 6.45) is 0. The van der Waals surface area contributed by atoms with Gasteiger partial charge in [0.25, 0.3) is 0 Å². The van der Waals surface area contributed by atoms with Crippen molar-refractivity contribution in [1.82, 2.24) is 0 Å². The van der Waals surface area contributed by atoms with Crippen LogP contribution in [0, 0.1) is 5.92 Å². The Labute approximate surface area is 86.1 Å². The van der Waals surface area contributed by atoms with Gasteiger partial charge in [0.1, 0.15) is 0 Å². The Bertz CT molecular complexity index is 311. The van der Waals surface area contributed by atoms with Crippen molar-refractivity contribution in [1.29, 1.82) is 0 Å². The van der Waals surface area contributed by atoms with E-state index in [0.717, 1.165) is 11.1 Å². The van der Waals surface area contributed by atoms with Gasteiger partial charge in [-0.05, 0) is 19.4 Å². The normalized spacial score (nSPS) is 17.1. The molecule has 0 aliphatic rings. The third-order valence-electron chi connectivity index (χ3n) is 2.94. The molecule has 14 heavy (non-hydrogen) atoms. The molecule has 2 atom stereocenters. The van der Waals surface area contributed by atoms with E-state index in [0.29, 0.717) is 0 Å². The summed E-state index contributed by atoms with van der Waals surface area (Å²) in [5, 5.41) is 10.4. The highest BCUT2D eigenvalue weighted by Crippen LogP contribution is 2.32. The maximum absolute atomic E-state index is 10.4. The van der Waals surface area contributed by atoms with Crippen molar-refractivity contribution in [3.63, 3.8) is 0 Å². The van der Waals surface area contributed by atoms with Crippen molar-refractivity contribution in [3.8, 4) is 0 Å². The van der Waals surface area contributed by atoms with Crippen molar-refractivity contribution in [2.24, 2.45) is 5.92 Å². The summed E-state index contributed by atoms with van der Waals surface area (Å²) in [5.74, 6) is 0.0601. The van der Waals surface area contributed by atoms with Crippen molar-refractivity contribution in [3.05, 3.63) is 48.0 Å². The largest absolute Gasteiger partial charge is 0.385 e. The molecule has 0 radical (unpaired) electrons. The number of benzene rings is 1. The summed E-state index contributed by atoms with van der Waals surface area (Å²) < 4.78 is 0. The molecule has 1 rings (SSSR count). The summed E-state index contributed by atoms with van der Waals surface area (Å²) in [6, 6.07) is 9.72. The molecule has 0 saturated carbocycles. The van der Waals surface area contributed by atoms with E-state index < -0.39 is 5.60 Å². The molecule has 76 valence electrons. The average Bonchev–Trinajstić information content (AvgIpc) is 2.18. The van der Waals surface area contributed by atoms with Gasteiger partial charge in [-0.2, -0.15) is 0 Å². The van der Waals surface area contributed by atoms with Gasteiger partial charge in [-0.15, -0.1) is 0 Å². The number of hydrogen-bond acceptors (Lipinski definition) is 1. The SMILES string of the molecule is C=C(C)[C@@H](C)[C@@](C)(O)c1ccccc1. The smallest absolute Gasteiger partial charge is 0.0930 e. The maximum Gasteiger partial charge on any atom is 0.0930 e. The van der Waals surface area contributed by atoms with Gasteiger partial charge in [0.2, 0.25) is 0 Å². The summed E-state index contributed by atoms with van der Waals surface area (Å²) in [5.41, 5.74) is 1.11. The van der Waals surface area contributed by atoms with Crippen LogP contribution in [0.1, 0.15) is 26.3 Å². The molecule has 1 aromatic rings. The molecule has 0 amide bonds. The van der Waals surface area contributed by atoms with Gasteiger partial charge in [0, 0.05) is 5.92 Å². The lowest BCUT2D eigenvalue weighted by atomic mass is 9.81. The molecule has 1 N–H and O–H groups in total. The molecule has 1 nitrogen and oxygen atoms in total. The molecule has 0 heterocycles. The summed E-state index contributed by atoms with van der Waals surface area (Å²) in [6.45, 7) is 9.66. The maximum atomic E-state index is 10.4.